The summed E-state index contributed by atoms with van der Waals surface area (Å²) in [7, 11) is 0. The van der Waals surface area contributed by atoms with Crippen LogP contribution in [0.25, 0.3) is 0 Å². The first kappa shape index (κ1) is 13.9. The summed E-state index contributed by atoms with van der Waals surface area (Å²) >= 11 is 0. The van der Waals surface area contributed by atoms with Gasteiger partial charge >= 0.3 is 0 Å². The first-order valence-electron chi connectivity index (χ1n) is 7.78. The SMILES string of the molecule is CCCNC1CCCN(C(C)C2CCCC2)C1=O. The minimum Gasteiger partial charge on any atom is -0.338 e. The smallest absolute Gasteiger partial charge is 0.239 e. The number of piperidine rings is 1. The molecule has 18 heavy (non-hydrogen) atoms. The molecule has 2 unspecified atom stereocenters. The molecular formula is C15H28N2O. The minimum atomic E-state index is 0.0857. The molecule has 1 aliphatic heterocycles. The van der Waals surface area contributed by atoms with Crippen molar-refractivity contribution in [2.45, 2.75) is 70.9 Å². The molecule has 3 nitrogen and oxygen atoms in total. The van der Waals surface area contributed by atoms with Crippen LogP contribution in [0.3, 0.4) is 0 Å². The molecule has 1 aliphatic carbocycles. The Hall–Kier alpha value is -0.570. The van der Waals surface area contributed by atoms with E-state index < -0.39 is 0 Å². The van der Waals surface area contributed by atoms with Crippen LogP contribution in [0.2, 0.25) is 0 Å². The molecule has 0 spiro atoms. The van der Waals surface area contributed by atoms with Crippen LogP contribution in [0.1, 0.15) is 58.8 Å². The van der Waals surface area contributed by atoms with Crippen LogP contribution in [0.15, 0.2) is 0 Å². The van der Waals surface area contributed by atoms with E-state index >= 15 is 0 Å². The molecule has 0 aromatic rings. The van der Waals surface area contributed by atoms with Gasteiger partial charge in [0.25, 0.3) is 0 Å². The Balaban J connectivity index is 1.92. The van der Waals surface area contributed by atoms with E-state index in [2.05, 4.69) is 24.1 Å². The lowest BCUT2D eigenvalue weighted by Crippen LogP contribution is -2.55. The highest BCUT2D eigenvalue weighted by Gasteiger charge is 2.34. The number of hydrogen-bond donors (Lipinski definition) is 1. The number of nitrogens with one attached hydrogen (secondary N) is 1. The van der Waals surface area contributed by atoms with Gasteiger partial charge in [0.05, 0.1) is 6.04 Å². The van der Waals surface area contributed by atoms with Crippen LogP contribution in [0, 0.1) is 5.92 Å². The quantitative estimate of drug-likeness (QED) is 0.815. The maximum atomic E-state index is 12.5. The predicted molar refractivity (Wildman–Crippen MR) is 74.4 cm³/mol. The van der Waals surface area contributed by atoms with Gasteiger partial charge in [-0.25, -0.2) is 0 Å². The van der Waals surface area contributed by atoms with Crippen molar-refractivity contribution in [3.63, 3.8) is 0 Å². The lowest BCUT2D eigenvalue weighted by atomic mass is 9.94. The van der Waals surface area contributed by atoms with Gasteiger partial charge in [0, 0.05) is 12.6 Å². The summed E-state index contributed by atoms with van der Waals surface area (Å²) in [5.41, 5.74) is 0. The number of amides is 1. The fourth-order valence-corrected chi connectivity index (χ4v) is 3.51. The maximum absolute atomic E-state index is 12.5. The molecular weight excluding hydrogens is 224 g/mol. The molecule has 0 aromatic carbocycles. The summed E-state index contributed by atoms with van der Waals surface area (Å²) in [6, 6.07) is 0.536. The van der Waals surface area contributed by atoms with Crippen LogP contribution >= 0.6 is 0 Å². The zero-order chi connectivity index (χ0) is 13.0. The van der Waals surface area contributed by atoms with Gasteiger partial charge in [0.1, 0.15) is 0 Å². The molecule has 104 valence electrons. The molecule has 1 N–H and O–H groups in total. The van der Waals surface area contributed by atoms with Crippen molar-refractivity contribution in [2.75, 3.05) is 13.1 Å². The Labute approximate surface area is 111 Å². The van der Waals surface area contributed by atoms with Gasteiger partial charge in [-0.15, -0.1) is 0 Å². The standard InChI is InChI=1S/C15H28N2O/c1-3-10-16-14-9-6-11-17(15(14)18)12(2)13-7-4-5-8-13/h12-14,16H,3-11H2,1-2H3. The molecule has 0 bridgehead atoms. The van der Waals surface area contributed by atoms with E-state index in [4.69, 9.17) is 0 Å². The number of nitrogens with zero attached hydrogens (tertiary/aromatic N) is 1. The average Bonchev–Trinajstić information content (AvgIpc) is 2.91. The van der Waals surface area contributed by atoms with E-state index in [0.29, 0.717) is 11.9 Å². The van der Waals surface area contributed by atoms with E-state index in [1.165, 1.54) is 25.7 Å². The lowest BCUT2D eigenvalue weighted by Gasteiger charge is -2.39. The number of rotatable bonds is 5. The summed E-state index contributed by atoms with van der Waals surface area (Å²) in [6.45, 7) is 6.35. The van der Waals surface area contributed by atoms with Gasteiger partial charge in [-0.2, -0.15) is 0 Å². The fraction of sp³-hybridized carbons (Fsp3) is 0.933. The fourth-order valence-electron chi connectivity index (χ4n) is 3.51. The molecule has 3 heteroatoms. The third kappa shape index (κ3) is 3.05. The van der Waals surface area contributed by atoms with Crippen molar-refractivity contribution in [1.82, 2.24) is 10.2 Å². The average molecular weight is 252 g/mol. The van der Waals surface area contributed by atoms with Crippen LogP contribution in [0.5, 0.6) is 0 Å². The summed E-state index contributed by atoms with van der Waals surface area (Å²) in [4.78, 5) is 14.7. The molecule has 1 amide bonds. The number of likely N-dealkylation sites (tertiary alicyclic amines) is 1. The van der Waals surface area contributed by atoms with E-state index in [1.54, 1.807) is 0 Å². The largest absolute Gasteiger partial charge is 0.338 e. The first-order valence-corrected chi connectivity index (χ1v) is 7.78. The van der Waals surface area contributed by atoms with E-state index in [0.717, 1.165) is 38.3 Å². The van der Waals surface area contributed by atoms with Crippen molar-refractivity contribution in [1.29, 1.82) is 0 Å². The van der Waals surface area contributed by atoms with E-state index in [-0.39, 0.29) is 6.04 Å². The first-order chi connectivity index (χ1) is 8.74. The molecule has 1 saturated heterocycles. The van der Waals surface area contributed by atoms with Gasteiger partial charge in [-0.05, 0) is 51.5 Å². The second-order valence-electron chi connectivity index (χ2n) is 5.97. The Morgan fingerprint density at radius 2 is 2.00 bits per heavy atom. The van der Waals surface area contributed by atoms with Crippen LogP contribution < -0.4 is 5.32 Å². The third-order valence-electron chi connectivity index (χ3n) is 4.69. The predicted octanol–water partition coefficient (Wildman–Crippen LogP) is 2.56. The summed E-state index contributed by atoms with van der Waals surface area (Å²) in [6.07, 6.45) is 8.62. The molecule has 2 atom stereocenters. The van der Waals surface area contributed by atoms with Gasteiger partial charge < -0.3 is 10.2 Å². The molecule has 0 aromatic heterocycles. The maximum Gasteiger partial charge on any atom is 0.239 e. The topological polar surface area (TPSA) is 32.3 Å². The number of carbonyl (C=O) groups is 1. The van der Waals surface area contributed by atoms with Crippen LogP contribution in [0.4, 0.5) is 0 Å². The van der Waals surface area contributed by atoms with Crippen molar-refractivity contribution in [3.05, 3.63) is 0 Å². The van der Waals surface area contributed by atoms with Crippen molar-refractivity contribution < 1.29 is 4.79 Å². The minimum absolute atomic E-state index is 0.0857. The van der Waals surface area contributed by atoms with Gasteiger partial charge in [0.2, 0.25) is 5.91 Å². The second-order valence-corrected chi connectivity index (χ2v) is 5.97. The Morgan fingerprint density at radius 1 is 1.28 bits per heavy atom. The second kappa shape index (κ2) is 6.55. The summed E-state index contributed by atoms with van der Waals surface area (Å²) in [5.74, 6) is 1.10. The van der Waals surface area contributed by atoms with Gasteiger partial charge in [-0.1, -0.05) is 19.8 Å². The highest BCUT2D eigenvalue weighted by molar-refractivity contribution is 5.82. The Kier molecular flexibility index (Phi) is 5.04. The number of hydrogen-bond acceptors (Lipinski definition) is 2. The van der Waals surface area contributed by atoms with Crippen LogP contribution in [-0.2, 0) is 4.79 Å². The number of carbonyl (C=O) groups excluding carboxylic acids is 1. The molecule has 0 radical (unpaired) electrons. The normalized spacial score (nSPS) is 27.8. The highest BCUT2D eigenvalue weighted by Crippen LogP contribution is 2.31. The summed E-state index contributed by atoms with van der Waals surface area (Å²) in [5, 5.41) is 3.41. The molecule has 1 heterocycles. The third-order valence-corrected chi connectivity index (χ3v) is 4.69. The zero-order valence-corrected chi connectivity index (χ0v) is 12.0. The van der Waals surface area contributed by atoms with Crippen molar-refractivity contribution >= 4 is 5.91 Å². The summed E-state index contributed by atoms with van der Waals surface area (Å²) < 4.78 is 0. The van der Waals surface area contributed by atoms with Crippen molar-refractivity contribution in [3.8, 4) is 0 Å². The molecule has 1 saturated carbocycles. The molecule has 2 fully saturated rings. The zero-order valence-electron chi connectivity index (χ0n) is 12.0. The lowest BCUT2D eigenvalue weighted by molar-refractivity contribution is -0.139. The Bertz CT molecular complexity index is 274. The van der Waals surface area contributed by atoms with E-state index in [9.17, 15) is 4.79 Å². The van der Waals surface area contributed by atoms with Gasteiger partial charge in [-0.3, -0.25) is 4.79 Å². The van der Waals surface area contributed by atoms with Gasteiger partial charge in [0.15, 0.2) is 0 Å². The van der Waals surface area contributed by atoms with Crippen LogP contribution in [-0.4, -0.2) is 36.0 Å². The monoisotopic (exact) mass is 252 g/mol. The van der Waals surface area contributed by atoms with E-state index in [1.807, 2.05) is 0 Å². The highest BCUT2D eigenvalue weighted by atomic mass is 16.2. The molecule has 2 rings (SSSR count). The Morgan fingerprint density at radius 3 is 2.67 bits per heavy atom. The van der Waals surface area contributed by atoms with Crippen molar-refractivity contribution in [2.24, 2.45) is 5.92 Å². The molecule has 2 aliphatic rings.